The van der Waals surface area contributed by atoms with Crippen molar-refractivity contribution in [2.45, 2.75) is 23.8 Å². The molecule has 1 fully saturated rings. The van der Waals surface area contributed by atoms with Gasteiger partial charge in [0.25, 0.3) is 0 Å². The first-order valence-electron chi connectivity index (χ1n) is 4.54. The van der Waals surface area contributed by atoms with Gasteiger partial charge in [0.05, 0.1) is 5.25 Å². The van der Waals surface area contributed by atoms with E-state index in [0.29, 0.717) is 11.0 Å². The Kier molecular flexibility index (Phi) is 2.69. The number of rotatable bonds is 3. The van der Waals surface area contributed by atoms with Gasteiger partial charge >= 0.3 is 0 Å². The van der Waals surface area contributed by atoms with Crippen molar-refractivity contribution in [2.24, 2.45) is 0 Å². The van der Waals surface area contributed by atoms with Gasteiger partial charge in [0.2, 0.25) is 0 Å². The van der Waals surface area contributed by atoms with Gasteiger partial charge in [-0.25, -0.2) is 0 Å². The largest absolute Gasteiger partial charge is 0.298 e. The predicted molar refractivity (Wildman–Crippen MR) is 55.8 cm³/mol. The molecule has 0 aromatic heterocycles. The zero-order valence-electron chi connectivity index (χ0n) is 7.40. The van der Waals surface area contributed by atoms with Crippen LogP contribution in [0.15, 0.2) is 30.3 Å². The Morgan fingerprint density at radius 2 is 2.08 bits per heavy atom. The lowest BCUT2D eigenvalue weighted by atomic mass is 9.98. The molecule has 1 saturated carbocycles. The van der Waals surface area contributed by atoms with Gasteiger partial charge < -0.3 is 0 Å². The number of hydrogen-bond donors (Lipinski definition) is 0. The minimum absolute atomic E-state index is 0.292. The molecule has 0 N–H and O–H groups in total. The van der Waals surface area contributed by atoms with Crippen LogP contribution in [0.3, 0.4) is 0 Å². The van der Waals surface area contributed by atoms with E-state index in [0.717, 1.165) is 18.6 Å². The SMILES string of the molecule is O=C1CC[C@@H]1SCc1ccccc1. The van der Waals surface area contributed by atoms with Gasteiger partial charge in [-0.2, -0.15) is 0 Å². The fourth-order valence-electron chi connectivity index (χ4n) is 1.33. The quantitative estimate of drug-likeness (QED) is 0.732. The van der Waals surface area contributed by atoms with Crippen LogP contribution >= 0.6 is 11.8 Å². The highest BCUT2D eigenvalue weighted by atomic mass is 32.2. The van der Waals surface area contributed by atoms with Crippen LogP contribution in [0.4, 0.5) is 0 Å². The third kappa shape index (κ3) is 2.13. The molecule has 1 aliphatic carbocycles. The lowest BCUT2D eigenvalue weighted by Gasteiger charge is -2.22. The van der Waals surface area contributed by atoms with Crippen molar-refractivity contribution < 1.29 is 4.79 Å². The number of benzene rings is 1. The Morgan fingerprint density at radius 1 is 1.31 bits per heavy atom. The molecule has 13 heavy (non-hydrogen) atoms. The molecule has 0 unspecified atom stereocenters. The maximum absolute atomic E-state index is 11.0. The van der Waals surface area contributed by atoms with Crippen LogP contribution in [0.2, 0.25) is 0 Å². The lowest BCUT2D eigenvalue weighted by molar-refractivity contribution is -0.122. The third-order valence-corrected chi connectivity index (χ3v) is 3.71. The maximum atomic E-state index is 11.0. The average Bonchev–Trinajstić information content (AvgIpc) is 2.17. The number of hydrogen-bond acceptors (Lipinski definition) is 2. The van der Waals surface area contributed by atoms with Gasteiger partial charge in [0.1, 0.15) is 5.78 Å². The Hall–Kier alpha value is -0.760. The zero-order chi connectivity index (χ0) is 9.10. The Labute approximate surface area is 82.5 Å². The number of carbonyl (C=O) groups is 1. The monoisotopic (exact) mass is 192 g/mol. The van der Waals surface area contributed by atoms with Crippen LogP contribution in [-0.4, -0.2) is 11.0 Å². The van der Waals surface area contributed by atoms with Gasteiger partial charge in [0, 0.05) is 12.2 Å². The molecule has 1 aliphatic rings. The zero-order valence-corrected chi connectivity index (χ0v) is 8.22. The molecule has 0 saturated heterocycles. The molecule has 68 valence electrons. The Morgan fingerprint density at radius 3 is 2.62 bits per heavy atom. The third-order valence-electron chi connectivity index (χ3n) is 2.31. The van der Waals surface area contributed by atoms with E-state index in [2.05, 4.69) is 12.1 Å². The summed E-state index contributed by atoms with van der Waals surface area (Å²) in [5.74, 6) is 1.40. The van der Waals surface area contributed by atoms with Gasteiger partial charge in [-0.15, -0.1) is 11.8 Å². The van der Waals surface area contributed by atoms with E-state index in [1.807, 2.05) is 18.2 Å². The van der Waals surface area contributed by atoms with Crippen molar-refractivity contribution in [3.63, 3.8) is 0 Å². The van der Waals surface area contributed by atoms with Crippen molar-refractivity contribution in [1.82, 2.24) is 0 Å². The van der Waals surface area contributed by atoms with E-state index in [1.54, 1.807) is 11.8 Å². The fourth-order valence-corrected chi connectivity index (χ4v) is 2.50. The van der Waals surface area contributed by atoms with Crippen LogP contribution in [0.1, 0.15) is 18.4 Å². The maximum Gasteiger partial charge on any atom is 0.145 e. The number of thioether (sulfide) groups is 1. The minimum Gasteiger partial charge on any atom is -0.298 e. The van der Waals surface area contributed by atoms with Crippen LogP contribution < -0.4 is 0 Å². The van der Waals surface area contributed by atoms with Crippen molar-refractivity contribution in [2.75, 3.05) is 0 Å². The highest BCUT2D eigenvalue weighted by Gasteiger charge is 2.27. The molecular formula is C11H12OS. The average molecular weight is 192 g/mol. The van der Waals surface area contributed by atoms with Crippen LogP contribution in [0.25, 0.3) is 0 Å². The molecule has 2 rings (SSSR count). The predicted octanol–water partition coefficient (Wildman–Crippen LogP) is 2.65. The second kappa shape index (κ2) is 3.97. The van der Waals surface area contributed by atoms with Gasteiger partial charge in [-0.1, -0.05) is 30.3 Å². The van der Waals surface area contributed by atoms with Crippen LogP contribution in [0.5, 0.6) is 0 Å². The first kappa shape index (κ1) is 8.82. The summed E-state index contributed by atoms with van der Waals surface area (Å²) in [4.78, 5) is 11.0. The van der Waals surface area contributed by atoms with Crippen molar-refractivity contribution in [3.8, 4) is 0 Å². The molecule has 0 spiro atoms. The smallest absolute Gasteiger partial charge is 0.145 e. The number of ketones is 1. The summed E-state index contributed by atoms with van der Waals surface area (Å²) in [5.41, 5.74) is 1.31. The molecule has 1 nitrogen and oxygen atoms in total. The molecule has 0 aliphatic heterocycles. The molecule has 0 amide bonds. The summed E-state index contributed by atoms with van der Waals surface area (Å²) in [6.07, 6.45) is 1.88. The van der Waals surface area contributed by atoms with E-state index < -0.39 is 0 Å². The van der Waals surface area contributed by atoms with Gasteiger partial charge in [-0.3, -0.25) is 4.79 Å². The van der Waals surface area contributed by atoms with Crippen molar-refractivity contribution in [1.29, 1.82) is 0 Å². The molecule has 1 aromatic rings. The first-order valence-corrected chi connectivity index (χ1v) is 5.59. The van der Waals surface area contributed by atoms with Gasteiger partial charge in [-0.05, 0) is 12.0 Å². The summed E-state index contributed by atoms with van der Waals surface area (Å²) in [7, 11) is 0. The van der Waals surface area contributed by atoms with E-state index in [1.165, 1.54) is 5.56 Å². The summed E-state index contributed by atoms with van der Waals surface area (Å²) in [6.45, 7) is 0. The highest BCUT2D eigenvalue weighted by Crippen LogP contribution is 2.30. The van der Waals surface area contributed by atoms with Crippen molar-refractivity contribution >= 4 is 17.5 Å². The Bertz CT molecular complexity index is 294. The second-order valence-corrected chi connectivity index (χ2v) is 4.48. The Balaban J connectivity index is 1.83. The summed E-state index contributed by atoms with van der Waals surface area (Å²) < 4.78 is 0. The molecule has 0 radical (unpaired) electrons. The van der Waals surface area contributed by atoms with Crippen LogP contribution in [-0.2, 0) is 10.5 Å². The topological polar surface area (TPSA) is 17.1 Å². The summed E-state index contributed by atoms with van der Waals surface area (Å²) in [5, 5.41) is 0.292. The lowest BCUT2D eigenvalue weighted by Crippen LogP contribution is -2.28. The summed E-state index contributed by atoms with van der Waals surface area (Å²) in [6, 6.07) is 10.3. The highest BCUT2D eigenvalue weighted by molar-refractivity contribution is 7.99. The molecular weight excluding hydrogens is 180 g/mol. The standard InChI is InChI=1S/C11H12OS/c12-10-6-7-11(10)13-8-9-4-2-1-3-5-9/h1-5,11H,6-8H2/t11-/m0/s1. The van der Waals surface area contributed by atoms with Gasteiger partial charge in [0.15, 0.2) is 0 Å². The van der Waals surface area contributed by atoms with E-state index >= 15 is 0 Å². The number of carbonyl (C=O) groups excluding carboxylic acids is 1. The number of Topliss-reactive ketones (excluding diaryl/α,β-unsaturated/α-hetero) is 1. The van der Waals surface area contributed by atoms with Crippen LogP contribution in [0, 0.1) is 0 Å². The van der Waals surface area contributed by atoms with E-state index in [9.17, 15) is 4.79 Å². The molecule has 0 heterocycles. The molecule has 0 bridgehead atoms. The van der Waals surface area contributed by atoms with Crippen molar-refractivity contribution in [3.05, 3.63) is 35.9 Å². The molecule has 2 heteroatoms. The van der Waals surface area contributed by atoms with E-state index in [4.69, 9.17) is 0 Å². The molecule has 1 atom stereocenters. The second-order valence-electron chi connectivity index (χ2n) is 3.29. The normalized spacial score (nSPS) is 21.2. The summed E-state index contributed by atoms with van der Waals surface area (Å²) >= 11 is 1.77. The fraction of sp³-hybridized carbons (Fsp3) is 0.364. The minimum atomic E-state index is 0.292. The first-order chi connectivity index (χ1) is 6.36. The van der Waals surface area contributed by atoms with E-state index in [-0.39, 0.29) is 0 Å². The molecule has 1 aromatic carbocycles.